The maximum Gasteiger partial charge on any atom is 0.266 e. The van der Waals surface area contributed by atoms with Crippen molar-refractivity contribution < 1.29 is 9.66 Å². The minimum Gasteiger partial charge on any atom is -0.374 e. The van der Waals surface area contributed by atoms with Crippen LogP contribution in [0.4, 0.5) is 0 Å². The fourth-order valence-electron chi connectivity index (χ4n) is 3.03. The highest BCUT2D eigenvalue weighted by Gasteiger charge is 2.39. The summed E-state index contributed by atoms with van der Waals surface area (Å²) in [6, 6.07) is 0.380. The zero-order chi connectivity index (χ0) is 15.6. The molecule has 2 saturated heterocycles. The Morgan fingerprint density at radius 2 is 2.10 bits per heavy atom. The quantitative estimate of drug-likeness (QED) is 0.598. The van der Waals surface area contributed by atoms with Crippen LogP contribution < -0.4 is 5.32 Å². The predicted molar refractivity (Wildman–Crippen MR) is 80.9 cm³/mol. The van der Waals surface area contributed by atoms with Gasteiger partial charge in [0.05, 0.1) is 12.7 Å². The van der Waals surface area contributed by atoms with Crippen LogP contribution in [0.1, 0.15) is 26.7 Å². The lowest BCUT2D eigenvalue weighted by Gasteiger charge is -2.47. The van der Waals surface area contributed by atoms with Crippen molar-refractivity contribution in [2.75, 3.05) is 40.3 Å². The molecule has 0 spiro atoms. The zero-order valence-electron chi connectivity index (χ0n) is 13.5. The third kappa shape index (κ3) is 3.71. The number of piperidine rings is 1. The van der Waals surface area contributed by atoms with Crippen molar-refractivity contribution in [2.24, 2.45) is 0 Å². The van der Waals surface area contributed by atoms with E-state index in [0.717, 1.165) is 26.1 Å². The molecule has 21 heavy (non-hydrogen) atoms. The average molecular weight is 300 g/mol. The molecule has 3 unspecified atom stereocenters. The fourth-order valence-corrected chi connectivity index (χ4v) is 3.03. The van der Waals surface area contributed by atoms with Gasteiger partial charge in [0.15, 0.2) is 0 Å². The zero-order valence-corrected chi connectivity index (χ0v) is 13.5. The van der Waals surface area contributed by atoms with Crippen LogP contribution in [0.2, 0.25) is 0 Å². The Hall–Kier alpha value is -0.760. The lowest BCUT2D eigenvalue weighted by atomic mass is 9.93. The van der Waals surface area contributed by atoms with Gasteiger partial charge in [-0.25, -0.2) is 0 Å². The molecule has 0 radical (unpaired) electrons. The highest BCUT2D eigenvalue weighted by molar-refractivity contribution is 4.93. The van der Waals surface area contributed by atoms with E-state index in [1.165, 1.54) is 0 Å². The van der Waals surface area contributed by atoms with Gasteiger partial charge in [-0.2, -0.15) is 0 Å². The van der Waals surface area contributed by atoms with Crippen LogP contribution >= 0.6 is 0 Å². The number of morpholine rings is 1. The normalized spacial score (nSPS) is 32.3. The highest BCUT2D eigenvalue weighted by Crippen LogP contribution is 2.25. The Bertz CT molecular complexity index is 367. The average Bonchev–Trinajstić information content (AvgIpc) is 2.47. The predicted octanol–water partition coefficient (Wildman–Crippen LogP) is 0.382. The van der Waals surface area contributed by atoms with Crippen molar-refractivity contribution >= 4 is 0 Å². The summed E-state index contributed by atoms with van der Waals surface area (Å²) in [5, 5.41) is 13.9. The molecule has 0 bridgehead atoms. The summed E-state index contributed by atoms with van der Waals surface area (Å²) >= 11 is 0. The van der Waals surface area contributed by atoms with Crippen molar-refractivity contribution in [3.8, 4) is 0 Å². The summed E-state index contributed by atoms with van der Waals surface area (Å²) in [5.41, 5.74) is -0.0237. The van der Waals surface area contributed by atoms with E-state index < -0.39 is 6.17 Å². The van der Waals surface area contributed by atoms with Gasteiger partial charge in [0.1, 0.15) is 0 Å². The number of nitrogens with one attached hydrogen (secondary N) is 1. The maximum absolute atomic E-state index is 10.8. The molecule has 2 rings (SSSR count). The monoisotopic (exact) mass is 300 g/mol. The van der Waals surface area contributed by atoms with Gasteiger partial charge in [0.25, 0.3) is 6.17 Å². The Morgan fingerprint density at radius 3 is 2.62 bits per heavy atom. The minimum atomic E-state index is -0.573. The first kappa shape index (κ1) is 16.6. The van der Waals surface area contributed by atoms with Gasteiger partial charge in [-0.05, 0) is 34.4 Å². The number of nitro groups is 1. The van der Waals surface area contributed by atoms with E-state index in [4.69, 9.17) is 4.74 Å². The van der Waals surface area contributed by atoms with Gasteiger partial charge in [-0.1, -0.05) is 0 Å². The molecular weight excluding hydrogens is 272 g/mol. The second kappa shape index (κ2) is 6.56. The molecule has 2 aliphatic heterocycles. The molecule has 0 amide bonds. The molecule has 0 saturated carbocycles. The molecule has 2 heterocycles. The van der Waals surface area contributed by atoms with E-state index in [2.05, 4.69) is 43.1 Å². The van der Waals surface area contributed by atoms with E-state index in [9.17, 15) is 10.1 Å². The van der Waals surface area contributed by atoms with Gasteiger partial charge in [0, 0.05) is 42.6 Å². The third-order valence-electron chi connectivity index (χ3n) is 5.17. The molecule has 0 aliphatic carbocycles. The molecule has 2 fully saturated rings. The van der Waals surface area contributed by atoms with Crippen LogP contribution in [0.5, 0.6) is 0 Å². The van der Waals surface area contributed by atoms with Gasteiger partial charge in [-0.3, -0.25) is 20.3 Å². The first-order valence-corrected chi connectivity index (χ1v) is 7.72. The minimum absolute atomic E-state index is 0.0237. The number of ether oxygens (including phenoxy) is 1. The number of hydrogen-bond donors (Lipinski definition) is 1. The Morgan fingerprint density at radius 1 is 1.38 bits per heavy atom. The maximum atomic E-state index is 10.8. The SMILES string of the molecule is CN(C)C(C)(C)C1CN(C2CCC([N+](=O)[O-])NC2)CCO1. The lowest BCUT2D eigenvalue weighted by molar-refractivity contribution is -0.532. The Balaban J connectivity index is 1.92. The van der Waals surface area contributed by atoms with Crippen molar-refractivity contribution in [1.82, 2.24) is 15.1 Å². The van der Waals surface area contributed by atoms with Crippen LogP contribution in [0, 0.1) is 10.1 Å². The first-order chi connectivity index (χ1) is 9.82. The van der Waals surface area contributed by atoms with Gasteiger partial charge < -0.3 is 9.64 Å². The van der Waals surface area contributed by atoms with E-state index in [1.807, 2.05) is 0 Å². The van der Waals surface area contributed by atoms with Crippen molar-refractivity contribution in [2.45, 2.75) is 50.5 Å². The van der Waals surface area contributed by atoms with Gasteiger partial charge in [0.2, 0.25) is 0 Å². The van der Waals surface area contributed by atoms with E-state index in [-0.39, 0.29) is 16.6 Å². The number of hydrogen-bond acceptors (Lipinski definition) is 6. The largest absolute Gasteiger partial charge is 0.374 e. The topological polar surface area (TPSA) is 70.9 Å². The number of rotatable bonds is 4. The summed E-state index contributed by atoms with van der Waals surface area (Å²) in [4.78, 5) is 15.2. The highest BCUT2D eigenvalue weighted by atomic mass is 16.6. The van der Waals surface area contributed by atoms with Crippen LogP contribution in [-0.2, 0) is 4.74 Å². The second-order valence-corrected chi connectivity index (χ2v) is 6.84. The second-order valence-electron chi connectivity index (χ2n) is 6.84. The molecule has 122 valence electrons. The third-order valence-corrected chi connectivity index (χ3v) is 5.17. The molecule has 3 atom stereocenters. The first-order valence-electron chi connectivity index (χ1n) is 7.72. The molecule has 7 heteroatoms. The van der Waals surface area contributed by atoms with Crippen LogP contribution in [0.15, 0.2) is 0 Å². The van der Waals surface area contributed by atoms with Crippen LogP contribution in [-0.4, -0.2) is 78.9 Å². The Kier molecular flexibility index (Phi) is 5.19. The van der Waals surface area contributed by atoms with Crippen molar-refractivity contribution in [3.63, 3.8) is 0 Å². The molecule has 0 aromatic carbocycles. The van der Waals surface area contributed by atoms with E-state index in [0.29, 0.717) is 19.0 Å². The van der Waals surface area contributed by atoms with Crippen molar-refractivity contribution in [1.29, 1.82) is 0 Å². The summed E-state index contributed by atoms with van der Waals surface area (Å²) in [6.45, 7) is 7.63. The van der Waals surface area contributed by atoms with Crippen molar-refractivity contribution in [3.05, 3.63) is 10.1 Å². The summed E-state index contributed by atoms with van der Waals surface area (Å²) in [5.74, 6) is 0. The summed E-state index contributed by atoms with van der Waals surface area (Å²) < 4.78 is 5.97. The van der Waals surface area contributed by atoms with Crippen LogP contribution in [0.3, 0.4) is 0 Å². The standard InChI is InChI=1S/C14H28N4O3/c1-14(2,16(3)4)12-10-17(7-8-21-12)11-5-6-13(15-9-11)18(19)20/h11-13,15H,5-10H2,1-4H3. The molecule has 0 aromatic rings. The Labute approximate surface area is 126 Å². The molecule has 2 aliphatic rings. The van der Waals surface area contributed by atoms with Gasteiger partial charge in [-0.15, -0.1) is 0 Å². The van der Waals surface area contributed by atoms with E-state index >= 15 is 0 Å². The summed E-state index contributed by atoms with van der Waals surface area (Å²) in [6.07, 6.45) is 1.08. The van der Waals surface area contributed by atoms with E-state index in [1.54, 1.807) is 0 Å². The smallest absolute Gasteiger partial charge is 0.266 e. The van der Waals surface area contributed by atoms with Gasteiger partial charge >= 0.3 is 0 Å². The number of nitrogens with zero attached hydrogens (tertiary/aromatic N) is 3. The fraction of sp³-hybridized carbons (Fsp3) is 1.00. The molecular formula is C14H28N4O3. The molecule has 1 N–H and O–H groups in total. The lowest BCUT2D eigenvalue weighted by Crippen LogP contribution is -2.61. The molecule has 0 aromatic heterocycles. The van der Waals surface area contributed by atoms with Crippen LogP contribution in [0.25, 0.3) is 0 Å². The molecule has 7 nitrogen and oxygen atoms in total. The number of likely N-dealkylation sites (N-methyl/N-ethyl adjacent to an activating group) is 1. The summed E-state index contributed by atoms with van der Waals surface area (Å²) in [7, 11) is 4.15.